The van der Waals surface area contributed by atoms with Gasteiger partial charge in [-0.2, -0.15) is 12.1 Å². The zero-order chi connectivity index (χ0) is 35.3. The molecule has 0 N–H and O–H groups in total. The first-order valence-corrected chi connectivity index (χ1v) is 23.4. The van der Waals surface area contributed by atoms with E-state index in [1.54, 1.807) is 23.3 Å². The molecule has 0 spiro atoms. The second kappa shape index (κ2) is 18.3. The van der Waals surface area contributed by atoms with Gasteiger partial charge in [-0.1, -0.05) is 136 Å². The van der Waals surface area contributed by atoms with E-state index < -0.39 is 0 Å². The molecule has 0 fully saturated rings. The molecule has 0 saturated heterocycles. The molecule has 9 rings (SSSR count). The molecule has 9 aromatic carbocycles. The summed E-state index contributed by atoms with van der Waals surface area (Å²) in [6, 6.07) is 60.6. The number of fused-ring (bicyclic) bond motifs is 4. The number of halogens is 2. The minimum absolute atomic E-state index is 0. The second-order valence-corrected chi connectivity index (χ2v) is 17.4. The molecule has 4 heteroatoms. The average Bonchev–Trinajstić information content (AvgIpc) is 3.76. The first kappa shape index (κ1) is 40.2. The summed E-state index contributed by atoms with van der Waals surface area (Å²) in [5, 5.41) is 10.7. The van der Waals surface area contributed by atoms with Crippen molar-refractivity contribution in [3.05, 3.63) is 192 Å². The van der Waals surface area contributed by atoms with E-state index in [0.717, 1.165) is 0 Å². The van der Waals surface area contributed by atoms with Crippen LogP contribution in [0.5, 0.6) is 0 Å². The van der Waals surface area contributed by atoms with Crippen molar-refractivity contribution in [2.45, 2.75) is 33.7 Å². The van der Waals surface area contributed by atoms with Crippen molar-refractivity contribution < 1.29 is 48.1 Å². The second-order valence-electron chi connectivity index (χ2n) is 13.5. The first-order chi connectivity index (χ1) is 24.9. The van der Waals surface area contributed by atoms with Crippen LogP contribution in [0.25, 0.3) is 65.3 Å². The molecule has 0 aliphatic carbocycles. The van der Waals surface area contributed by atoms with Crippen LogP contribution < -0.4 is 24.8 Å². The summed E-state index contributed by atoms with van der Waals surface area (Å²) in [4.78, 5) is 0. The number of rotatable bonds is 4. The monoisotopic (exact) mass is 818 g/mol. The van der Waals surface area contributed by atoms with Crippen LogP contribution in [-0.2, 0) is 29.4 Å². The van der Waals surface area contributed by atoms with E-state index in [1.165, 1.54) is 99.2 Å². The van der Waals surface area contributed by atoms with Gasteiger partial charge in [0.2, 0.25) is 0 Å². The summed E-state index contributed by atoms with van der Waals surface area (Å²) in [5.41, 5.74) is 12.2. The van der Waals surface area contributed by atoms with E-state index in [-0.39, 0.29) is 24.8 Å². The summed E-state index contributed by atoms with van der Waals surface area (Å²) in [6.07, 6.45) is 0.715. The van der Waals surface area contributed by atoms with Crippen molar-refractivity contribution in [3.8, 4) is 22.3 Å². The standard InChI is InChI=1S/2C21H17.C7H8Si.2ClH.Zr/c2*1-14-12-20-15(2)10-11-19(21(20)13-14)18-9-5-7-16-6-3-4-8-17(16)18;8-6-7-4-2-1-3-5-7;;;/h2*3-13H,1-2H3;1-5,8H,6H2;2*1H;/q2*-1;;;;+2/p-2. The van der Waals surface area contributed by atoms with Gasteiger partial charge in [0.15, 0.2) is 0 Å². The predicted octanol–water partition coefficient (Wildman–Crippen LogP) is 7.08. The van der Waals surface area contributed by atoms with E-state index in [1.807, 2.05) is 0 Å². The summed E-state index contributed by atoms with van der Waals surface area (Å²) in [6.45, 7) is 8.72. The van der Waals surface area contributed by atoms with E-state index in [9.17, 15) is 0 Å². The van der Waals surface area contributed by atoms with E-state index in [4.69, 9.17) is 0 Å². The molecular weight excluding hydrogens is 779 g/mol. The van der Waals surface area contributed by atoms with E-state index in [2.05, 4.69) is 191 Å². The van der Waals surface area contributed by atoms with E-state index in [0.29, 0.717) is 6.16 Å². The number of hydrogen-bond acceptors (Lipinski definition) is 0. The maximum absolute atomic E-state index is 2.30. The van der Waals surface area contributed by atoms with Gasteiger partial charge in [-0.05, 0) is 32.7 Å². The van der Waals surface area contributed by atoms with Gasteiger partial charge in [0.05, 0.1) is 0 Å². The molecule has 0 aliphatic heterocycles. The fourth-order valence-corrected chi connectivity index (χ4v) is 9.55. The third-order valence-electron chi connectivity index (χ3n) is 9.84. The molecule has 262 valence electrons. The van der Waals surface area contributed by atoms with Crippen LogP contribution in [0.1, 0.15) is 27.8 Å². The van der Waals surface area contributed by atoms with Gasteiger partial charge in [-0.3, -0.25) is 0 Å². The van der Waals surface area contributed by atoms with Gasteiger partial charge < -0.3 is 24.8 Å². The van der Waals surface area contributed by atoms with Gasteiger partial charge in [0.1, 0.15) is 0 Å². The summed E-state index contributed by atoms with van der Waals surface area (Å²) in [5.74, 6) is 0. The van der Waals surface area contributed by atoms with E-state index >= 15 is 0 Å². The third-order valence-corrected chi connectivity index (χ3v) is 12.0. The molecule has 0 heterocycles. The van der Waals surface area contributed by atoms with Crippen molar-refractivity contribution >= 4 is 49.2 Å². The van der Waals surface area contributed by atoms with Crippen LogP contribution in [0.4, 0.5) is 0 Å². The zero-order valence-electron chi connectivity index (χ0n) is 30.6. The van der Waals surface area contributed by atoms with Crippen LogP contribution in [0, 0.1) is 27.7 Å². The topological polar surface area (TPSA) is 0 Å². The van der Waals surface area contributed by atoms with Crippen LogP contribution in [0.15, 0.2) is 164 Å². The molecule has 0 radical (unpaired) electrons. The van der Waals surface area contributed by atoms with Crippen LogP contribution in [0.2, 0.25) is 0 Å². The molecule has 0 bridgehead atoms. The molecule has 0 amide bonds. The van der Waals surface area contributed by atoms with Crippen molar-refractivity contribution in [1.82, 2.24) is 0 Å². The van der Waals surface area contributed by atoms with Crippen LogP contribution in [0.3, 0.4) is 0 Å². The third kappa shape index (κ3) is 8.86. The minimum atomic E-state index is 0. The average molecular weight is 821 g/mol. The normalized spacial score (nSPS) is 10.5. The Labute approximate surface area is 342 Å². The zero-order valence-corrected chi connectivity index (χ0v) is 35.8. The Bertz CT molecular complexity index is 2460. The molecule has 0 atom stereocenters. The number of aryl methyl sites for hydroxylation is 4. The molecule has 0 saturated carbocycles. The van der Waals surface area contributed by atoms with Gasteiger partial charge in [0.25, 0.3) is 0 Å². The number of hydrogen-bond donors (Lipinski definition) is 0. The fourth-order valence-electron chi connectivity index (χ4n) is 7.30. The van der Waals surface area contributed by atoms with Crippen molar-refractivity contribution in [2.75, 3.05) is 0 Å². The summed E-state index contributed by atoms with van der Waals surface area (Å²) < 4.78 is 0. The molecule has 9 aromatic rings. The van der Waals surface area contributed by atoms with Crippen molar-refractivity contribution in [2.24, 2.45) is 0 Å². The fraction of sp³-hybridized carbons (Fsp3) is 0.102. The Morgan fingerprint density at radius 2 is 0.830 bits per heavy atom. The molecule has 0 aliphatic rings. The Balaban J connectivity index is 0.000000162. The van der Waals surface area contributed by atoms with Crippen molar-refractivity contribution in [3.63, 3.8) is 0 Å². The Morgan fingerprint density at radius 1 is 0.434 bits per heavy atom. The Hall–Kier alpha value is -4.04. The van der Waals surface area contributed by atoms with Crippen molar-refractivity contribution in [1.29, 1.82) is 0 Å². The Kier molecular flexibility index (Phi) is 13.9. The molecule has 0 aromatic heterocycles. The first-order valence-electron chi connectivity index (χ1n) is 17.7. The predicted molar refractivity (Wildman–Crippen MR) is 221 cm³/mol. The summed E-state index contributed by atoms with van der Waals surface area (Å²) >= 11 is 1.72. The van der Waals surface area contributed by atoms with Gasteiger partial charge >= 0.3 is 71.4 Å². The number of benzene rings is 7. The van der Waals surface area contributed by atoms with Gasteiger partial charge in [0, 0.05) is 0 Å². The van der Waals surface area contributed by atoms with Gasteiger partial charge in [-0.25, -0.2) is 0 Å². The SMILES string of the molecule is Cc1cc2c(-c3cccc4ccccc34)ccc(C)c2[cH-]1.Cc1cc2c(-c3cccc4ccccc34)ccc(C)c2[cH-]1.[Cl-].[Cl-].[Zr+2]=[SiH]Cc1ccccc1. The Morgan fingerprint density at radius 3 is 1.28 bits per heavy atom. The quantitative estimate of drug-likeness (QED) is 0.132. The molecule has 0 unspecified atom stereocenters. The van der Waals surface area contributed by atoms with Crippen LogP contribution in [-0.4, -0.2) is 6.16 Å². The molecule has 53 heavy (non-hydrogen) atoms. The van der Waals surface area contributed by atoms with Crippen LogP contribution >= 0.6 is 0 Å². The molecular formula is C49H42Cl2SiZr-2. The maximum atomic E-state index is 2.30. The van der Waals surface area contributed by atoms with Gasteiger partial charge in [-0.15, -0.1) is 68.1 Å². The molecule has 0 nitrogen and oxygen atoms in total. The summed E-state index contributed by atoms with van der Waals surface area (Å²) in [7, 11) is 0.